The van der Waals surface area contributed by atoms with Crippen LogP contribution in [0, 0.1) is 0 Å². The van der Waals surface area contributed by atoms with Crippen LogP contribution in [0.5, 0.6) is 0 Å². The highest BCUT2D eigenvalue weighted by Gasteiger charge is 2.46. The maximum Gasteiger partial charge on any atom is 0.322 e. The van der Waals surface area contributed by atoms with E-state index in [1.807, 2.05) is 29.2 Å². The molecule has 6 nitrogen and oxygen atoms in total. The predicted octanol–water partition coefficient (Wildman–Crippen LogP) is 4.98. The van der Waals surface area contributed by atoms with Crippen LogP contribution in [0.25, 0.3) is 0 Å². The van der Waals surface area contributed by atoms with Crippen molar-refractivity contribution in [1.82, 2.24) is 4.90 Å². The molecule has 2 heterocycles. The Bertz CT molecular complexity index is 1170. The van der Waals surface area contributed by atoms with Gasteiger partial charge in [0.05, 0.1) is 16.0 Å². The number of nitrogens with two attached hydrogens (primary N) is 1. The van der Waals surface area contributed by atoms with Crippen LogP contribution in [-0.2, 0) is 14.6 Å². The molecule has 1 fully saturated rings. The first-order valence-electron chi connectivity index (χ1n) is 9.66. The number of hydrogen-bond acceptors (Lipinski definition) is 6. The van der Waals surface area contributed by atoms with Gasteiger partial charge in [0.15, 0.2) is 9.84 Å². The molecule has 2 atom stereocenters. The monoisotopic (exact) mass is 546 g/mol. The average molecular weight is 548 g/mol. The molecule has 33 heavy (non-hydrogen) atoms. The first-order chi connectivity index (χ1) is 15.5. The molecule has 2 unspecified atom stereocenters. The van der Waals surface area contributed by atoms with E-state index < -0.39 is 21.8 Å². The number of likely N-dealkylation sites (tertiary alicyclic amines) is 1. The highest BCUT2D eigenvalue weighted by atomic mass is 35.5. The fourth-order valence-corrected chi connectivity index (χ4v) is 6.42. The van der Waals surface area contributed by atoms with Crippen LogP contribution in [0.2, 0.25) is 15.1 Å². The number of hydrogen-bond donors (Lipinski definition) is 2. The van der Waals surface area contributed by atoms with Crippen molar-refractivity contribution in [2.24, 2.45) is 5.73 Å². The first kappa shape index (κ1) is 26.0. The van der Waals surface area contributed by atoms with Crippen molar-refractivity contribution in [2.75, 3.05) is 12.8 Å². The van der Waals surface area contributed by atoms with Crippen LogP contribution < -0.4 is 5.73 Å². The van der Waals surface area contributed by atoms with Crippen molar-refractivity contribution in [2.45, 2.75) is 23.0 Å². The third kappa shape index (κ3) is 6.27. The van der Waals surface area contributed by atoms with Crippen molar-refractivity contribution < 1.29 is 18.3 Å². The van der Waals surface area contributed by atoms with Crippen molar-refractivity contribution in [3.8, 4) is 0 Å². The van der Waals surface area contributed by atoms with Gasteiger partial charge >= 0.3 is 5.97 Å². The number of aliphatic carboxylic acids is 1. The molecule has 11 heteroatoms. The summed E-state index contributed by atoms with van der Waals surface area (Å²) in [4.78, 5) is 13.6. The van der Waals surface area contributed by atoms with Gasteiger partial charge in [0.25, 0.3) is 0 Å². The fraction of sp³-hybridized carbons (Fsp3) is 0.227. The Labute approximate surface area is 211 Å². The van der Waals surface area contributed by atoms with Crippen LogP contribution in [-0.4, -0.2) is 49.3 Å². The minimum Gasteiger partial charge on any atom is -0.480 e. The SMILES string of the molecule is CS(=O)(=O)c1cscc1Cl.NC1CN(C(c2ccc(Cl)cc2)c2ccc(Cl)cc2)C1C(=O)O. The quantitative estimate of drug-likeness (QED) is 0.467. The molecule has 1 aromatic heterocycles. The van der Waals surface area contributed by atoms with Gasteiger partial charge in [-0.15, -0.1) is 11.3 Å². The van der Waals surface area contributed by atoms with Crippen LogP contribution in [0.1, 0.15) is 17.2 Å². The zero-order valence-electron chi connectivity index (χ0n) is 17.4. The molecule has 4 rings (SSSR count). The normalized spacial score (nSPS) is 18.4. The lowest BCUT2D eigenvalue weighted by Gasteiger charge is -2.48. The van der Waals surface area contributed by atoms with Crippen LogP contribution >= 0.6 is 46.1 Å². The van der Waals surface area contributed by atoms with Gasteiger partial charge in [-0.2, -0.15) is 0 Å². The van der Waals surface area contributed by atoms with Crippen LogP contribution in [0.3, 0.4) is 0 Å². The number of thiophene rings is 1. The van der Waals surface area contributed by atoms with Gasteiger partial charge in [0.2, 0.25) is 0 Å². The number of sulfone groups is 1. The Morgan fingerprint density at radius 3 is 1.82 bits per heavy atom. The highest BCUT2D eigenvalue weighted by molar-refractivity contribution is 7.91. The van der Waals surface area contributed by atoms with E-state index in [2.05, 4.69) is 0 Å². The molecule has 1 saturated heterocycles. The molecule has 3 aromatic rings. The molecule has 2 aromatic carbocycles. The van der Waals surface area contributed by atoms with E-state index in [1.54, 1.807) is 29.6 Å². The highest BCUT2D eigenvalue weighted by Crippen LogP contribution is 2.36. The number of rotatable bonds is 5. The fourth-order valence-electron chi connectivity index (χ4n) is 3.56. The zero-order valence-corrected chi connectivity index (χ0v) is 21.3. The molecule has 0 spiro atoms. The van der Waals surface area contributed by atoms with Gasteiger partial charge in [-0.05, 0) is 35.4 Å². The summed E-state index contributed by atoms with van der Waals surface area (Å²) in [5.74, 6) is -0.906. The second-order valence-corrected chi connectivity index (χ2v) is 11.5. The molecule has 176 valence electrons. The molecule has 3 N–H and O–H groups in total. The average Bonchev–Trinajstić information content (AvgIpc) is 3.16. The van der Waals surface area contributed by atoms with Gasteiger partial charge in [0, 0.05) is 39.6 Å². The van der Waals surface area contributed by atoms with Crippen molar-refractivity contribution in [1.29, 1.82) is 0 Å². The second kappa shape index (κ2) is 10.7. The third-order valence-electron chi connectivity index (χ3n) is 5.12. The van der Waals surface area contributed by atoms with E-state index in [1.165, 1.54) is 16.7 Å². The Morgan fingerprint density at radius 2 is 1.52 bits per heavy atom. The summed E-state index contributed by atoms with van der Waals surface area (Å²) in [5.41, 5.74) is 7.83. The lowest BCUT2D eigenvalue weighted by molar-refractivity contribution is -0.151. The lowest BCUT2D eigenvalue weighted by Crippen LogP contribution is -2.68. The van der Waals surface area contributed by atoms with E-state index in [4.69, 9.17) is 40.5 Å². The van der Waals surface area contributed by atoms with Gasteiger partial charge < -0.3 is 10.8 Å². The summed E-state index contributed by atoms with van der Waals surface area (Å²) in [5, 5.41) is 14.1. The number of halogens is 3. The van der Waals surface area contributed by atoms with Gasteiger partial charge in [-0.25, -0.2) is 8.42 Å². The van der Waals surface area contributed by atoms with Crippen LogP contribution in [0.15, 0.2) is 64.2 Å². The maximum atomic E-state index is 11.5. The van der Waals surface area contributed by atoms with Crippen molar-refractivity contribution in [3.63, 3.8) is 0 Å². The Morgan fingerprint density at radius 1 is 1.03 bits per heavy atom. The summed E-state index contributed by atoms with van der Waals surface area (Å²) in [6.45, 7) is 0.521. The smallest absolute Gasteiger partial charge is 0.322 e. The summed E-state index contributed by atoms with van der Waals surface area (Å²) >= 11 is 18.8. The molecule has 1 aliphatic rings. The molecule has 0 bridgehead atoms. The van der Waals surface area contributed by atoms with Crippen molar-refractivity contribution >= 4 is 61.9 Å². The van der Waals surface area contributed by atoms with E-state index in [0.717, 1.165) is 17.4 Å². The molecular formula is C22H21Cl3N2O4S2. The third-order valence-corrected chi connectivity index (χ3v) is 8.21. The van der Waals surface area contributed by atoms with Crippen molar-refractivity contribution in [3.05, 3.63) is 85.5 Å². The maximum absolute atomic E-state index is 11.5. The molecule has 0 radical (unpaired) electrons. The standard InChI is InChI=1S/C17H16Cl2N2O2.C5H5ClO2S2/c18-12-5-1-10(2-6-12)15(11-3-7-13(19)8-4-11)21-9-14(20)16(21)17(22)23;1-10(7,8)5-3-9-2-4(5)6/h1-8,14-16H,9,20H2,(H,22,23);2-3H,1H3. The Hall–Kier alpha value is -1.65. The number of nitrogens with zero attached hydrogens (tertiary/aromatic N) is 1. The number of benzene rings is 2. The minimum atomic E-state index is -3.11. The molecule has 0 amide bonds. The Kier molecular flexibility index (Phi) is 8.45. The van der Waals surface area contributed by atoms with Gasteiger partial charge in [0.1, 0.15) is 6.04 Å². The zero-order chi connectivity index (χ0) is 24.3. The van der Waals surface area contributed by atoms with E-state index in [0.29, 0.717) is 21.6 Å². The number of carboxylic acids is 1. The van der Waals surface area contributed by atoms with E-state index >= 15 is 0 Å². The second-order valence-electron chi connectivity index (χ2n) is 7.51. The molecular weight excluding hydrogens is 527 g/mol. The molecule has 0 saturated carbocycles. The number of carboxylic acid groups (broad SMARTS) is 1. The van der Waals surface area contributed by atoms with E-state index in [-0.39, 0.29) is 17.0 Å². The lowest BCUT2D eigenvalue weighted by atomic mass is 9.88. The summed E-state index contributed by atoms with van der Waals surface area (Å²) in [6, 6.07) is 13.6. The van der Waals surface area contributed by atoms with Gasteiger partial charge in [-0.3, -0.25) is 9.69 Å². The van der Waals surface area contributed by atoms with Crippen LogP contribution in [0.4, 0.5) is 0 Å². The summed E-state index contributed by atoms with van der Waals surface area (Å²) in [6.07, 6.45) is 1.14. The number of carbonyl (C=O) groups is 1. The summed E-state index contributed by atoms with van der Waals surface area (Å²) in [7, 11) is -3.11. The Balaban J connectivity index is 0.000000257. The minimum absolute atomic E-state index is 0.203. The predicted molar refractivity (Wildman–Crippen MR) is 133 cm³/mol. The molecule has 1 aliphatic heterocycles. The summed E-state index contributed by atoms with van der Waals surface area (Å²) < 4.78 is 21.7. The first-order valence-corrected chi connectivity index (χ1v) is 13.6. The topological polar surface area (TPSA) is 101 Å². The largest absolute Gasteiger partial charge is 0.480 e. The van der Waals surface area contributed by atoms with Gasteiger partial charge in [-0.1, -0.05) is 59.1 Å². The molecule has 0 aliphatic carbocycles. The van der Waals surface area contributed by atoms with E-state index in [9.17, 15) is 18.3 Å².